The first-order chi connectivity index (χ1) is 13.1. The number of hydrogen-bond acceptors (Lipinski definition) is 5. The molecule has 0 saturated carbocycles. The number of halogens is 2. The molecule has 0 saturated heterocycles. The summed E-state index contributed by atoms with van der Waals surface area (Å²) in [5.41, 5.74) is 2.14. The molecule has 0 aliphatic rings. The Kier molecular flexibility index (Phi) is 4.66. The van der Waals surface area contributed by atoms with Crippen molar-refractivity contribution in [1.29, 1.82) is 0 Å². The average molecular weight is 403 g/mol. The number of benzene rings is 1. The van der Waals surface area contributed by atoms with Gasteiger partial charge in [0.2, 0.25) is 0 Å². The summed E-state index contributed by atoms with van der Waals surface area (Å²) < 4.78 is 5.79. The number of nitrogens with zero attached hydrogens (tertiary/aromatic N) is 3. The average Bonchev–Trinajstić information content (AvgIpc) is 3.30. The number of aromatic amines is 2. The molecule has 8 nitrogen and oxygen atoms in total. The van der Waals surface area contributed by atoms with E-state index >= 15 is 0 Å². The molecule has 10 heteroatoms. The number of pyridine rings is 1. The van der Waals surface area contributed by atoms with E-state index in [-0.39, 0.29) is 18.2 Å². The fraction of sp³-hybridized carbons (Fsp3) is 0.0588. The smallest absolute Gasteiger partial charge is 0.276 e. The fourth-order valence-electron chi connectivity index (χ4n) is 2.50. The van der Waals surface area contributed by atoms with Crippen LogP contribution in [0.15, 0.2) is 43.0 Å². The Balaban J connectivity index is 1.57. The largest absolute Gasteiger partial charge is 0.489 e. The van der Waals surface area contributed by atoms with Crippen molar-refractivity contribution >= 4 is 45.7 Å². The van der Waals surface area contributed by atoms with Crippen LogP contribution < -0.4 is 10.1 Å². The van der Waals surface area contributed by atoms with Crippen LogP contribution in [0.5, 0.6) is 5.75 Å². The first-order valence-corrected chi connectivity index (χ1v) is 8.56. The van der Waals surface area contributed by atoms with Gasteiger partial charge in [-0.15, -0.1) is 0 Å². The second-order valence-electron chi connectivity index (χ2n) is 5.59. The van der Waals surface area contributed by atoms with Crippen LogP contribution in [0.3, 0.4) is 0 Å². The standard InChI is InChI=1S/C17H12Cl2N6O2/c18-13-6-20-7-14(19)12(13)8-27-10-1-2-15-11(3-10)16(25-24-15)17(26)23-9-4-21-22-5-9/h1-7H,8H2,(H,21,22)(H,23,26)(H,24,25). The number of aromatic nitrogens is 5. The molecule has 1 aromatic carbocycles. The molecule has 0 atom stereocenters. The summed E-state index contributed by atoms with van der Waals surface area (Å²) in [7, 11) is 0. The minimum atomic E-state index is -0.361. The molecule has 0 bridgehead atoms. The second-order valence-corrected chi connectivity index (χ2v) is 6.41. The molecule has 136 valence electrons. The number of ether oxygens (including phenoxy) is 1. The molecule has 0 aliphatic heterocycles. The van der Waals surface area contributed by atoms with Gasteiger partial charge in [-0.05, 0) is 18.2 Å². The van der Waals surface area contributed by atoms with Gasteiger partial charge in [-0.3, -0.25) is 20.0 Å². The molecule has 3 heterocycles. The summed E-state index contributed by atoms with van der Waals surface area (Å²) in [6, 6.07) is 5.27. The number of amides is 1. The maximum atomic E-state index is 12.4. The van der Waals surface area contributed by atoms with Crippen molar-refractivity contribution in [1.82, 2.24) is 25.4 Å². The minimum absolute atomic E-state index is 0.167. The van der Waals surface area contributed by atoms with E-state index in [4.69, 9.17) is 27.9 Å². The van der Waals surface area contributed by atoms with E-state index in [0.717, 1.165) is 0 Å². The lowest BCUT2D eigenvalue weighted by molar-refractivity contribution is 0.102. The van der Waals surface area contributed by atoms with Crippen LogP contribution in [0.2, 0.25) is 10.0 Å². The number of fused-ring (bicyclic) bond motifs is 1. The van der Waals surface area contributed by atoms with Gasteiger partial charge >= 0.3 is 0 Å². The topological polar surface area (TPSA) is 109 Å². The highest BCUT2D eigenvalue weighted by molar-refractivity contribution is 6.35. The van der Waals surface area contributed by atoms with Crippen LogP contribution in [-0.2, 0) is 6.61 Å². The number of rotatable bonds is 5. The number of anilines is 1. The van der Waals surface area contributed by atoms with Gasteiger partial charge in [0.1, 0.15) is 12.4 Å². The SMILES string of the molecule is O=C(Nc1cn[nH]c1)c1n[nH]c2ccc(OCc3c(Cl)cncc3Cl)cc12. The number of carbonyl (C=O) groups excluding carboxylic acids is 1. The Hall–Kier alpha value is -3.10. The van der Waals surface area contributed by atoms with E-state index < -0.39 is 0 Å². The molecule has 0 spiro atoms. The molecule has 0 fully saturated rings. The lowest BCUT2D eigenvalue weighted by Gasteiger charge is -2.09. The van der Waals surface area contributed by atoms with Crippen LogP contribution in [0, 0.1) is 0 Å². The van der Waals surface area contributed by atoms with E-state index in [1.54, 1.807) is 24.4 Å². The van der Waals surface area contributed by atoms with Gasteiger partial charge in [-0.1, -0.05) is 23.2 Å². The molecule has 0 unspecified atom stereocenters. The summed E-state index contributed by atoms with van der Waals surface area (Å²) in [5, 5.41) is 17.5. The van der Waals surface area contributed by atoms with E-state index in [1.165, 1.54) is 18.6 Å². The number of nitrogens with one attached hydrogen (secondary N) is 3. The van der Waals surface area contributed by atoms with Gasteiger partial charge in [0, 0.05) is 29.5 Å². The lowest BCUT2D eigenvalue weighted by atomic mass is 10.2. The molecule has 27 heavy (non-hydrogen) atoms. The van der Waals surface area contributed by atoms with Crippen molar-refractivity contribution in [3.8, 4) is 5.75 Å². The first-order valence-electron chi connectivity index (χ1n) is 7.81. The first kappa shape index (κ1) is 17.3. The van der Waals surface area contributed by atoms with Crippen LogP contribution in [0.1, 0.15) is 16.1 Å². The van der Waals surface area contributed by atoms with Crippen LogP contribution >= 0.6 is 23.2 Å². The molecule has 0 aliphatic carbocycles. The second kappa shape index (κ2) is 7.26. The number of hydrogen-bond donors (Lipinski definition) is 3. The summed E-state index contributed by atoms with van der Waals surface area (Å²) >= 11 is 12.2. The van der Waals surface area contributed by atoms with Crippen molar-refractivity contribution in [2.75, 3.05) is 5.32 Å². The number of H-pyrrole nitrogens is 2. The van der Waals surface area contributed by atoms with Gasteiger partial charge in [0.25, 0.3) is 5.91 Å². The van der Waals surface area contributed by atoms with Crippen LogP contribution in [0.4, 0.5) is 5.69 Å². The predicted molar refractivity (Wildman–Crippen MR) is 101 cm³/mol. The summed E-state index contributed by atoms with van der Waals surface area (Å²) in [4.78, 5) is 16.4. The minimum Gasteiger partial charge on any atom is -0.489 e. The van der Waals surface area contributed by atoms with Crippen molar-refractivity contribution in [2.24, 2.45) is 0 Å². The maximum absolute atomic E-state index is 12.4. The third kappa shape index (κ3) is 3.57. The van der Waals surface area contributed by atoms with Gasteiger partial charge in [0.05, 0.1) is 27.4 Å². The molecule has 4 rings (SSSR count). The lowest BCUT2D eigenvalue weighted by Crippen LogP contribution is -2.12. The zero-order valence-electron chi connectivity index (χ0n) is 13.7. The van der Waals surface area contributed by atoms with Crippen molar-refractivity contribution in [3.63, 3.8) is 0 Å². The summed E-state index contributed by atoms with van der Waals surface area (Å²) in [6.45, 7) is 0.167. The van der Waals surface area contributed by atoms with Crippen molar-refractivity contribution in [3.05, 3.63) is 64.3 Å². The third-order valence-electron chi connectivity index (χ3n) is 3.84. The Morgan fingerprint density at radius 1 is 1.19 bits per heavy atom. The predicted octanol–water partition coefficient (Wildman–Crippen LogP) is 3.82. The van der Waals surface area contributed by atoms with Gasteiger partial charge < -0.3 is 10.1 Å². The maximum Gasteiger partial charge on any atom is 0.276 e. The molecular formula is C17H12Cl2N6O2. The molecule has 3 N–H and O–H groups in total. The Morgan fingerprint density at radius 3 is 2.74 bits per heavy atom. The fourth-order valence-corrected chi connectivity index (χ4v) is 2.97. The van der Waals surface area contributed by atoms with E-state index in [2.05, 4.69) is 30.7 Å². The molecular weight excluding hydrogens is 391 g/mol. The highest BCUT2D eigenvalue weighted by Crippen LogP contribution is 2.27. The molecule has 4 aromatic rings. The molecule has 3 aromatic heterocycles. The Morgan fingerprint density at radius 2 is 2.00 bits per heavy atom. The van der Waals surface area contributed by atoms with Gasteiger partial charge in [0.15, 0.2) is 5.69 Å². The van der Waals surface area contributed by atoms with Gasteiger partial charge in [-0.2, -0.15) is 10.2 Å². The zero-order chi connectivity index (χ0) is 18.8. The normalized spacial score (nSPS) is 10.9. The zero-order valence-corrected chi connectivity index (χ0v) is 15.2. The van der Waals surface area contributed by atoms with E-state index in [0.29, 0.717) is 37.9 Å². The van der Waals surface area contributed by atoms with E-state index in [9.17, 15) is 4.79 Å². The van der Waals surface area contributed by atoms with Gasteiger partial charge in [-0.25, -0.2) is 0 Å². The third-order valence-corrected chi connectivity index (χ3v) is 4.49. The quantitative estimate of drug-likeness (QED) is 0.470. The monoisotopic (exact) mass is 402 g/mol. The Labute approximate surface area is 162 Å². The molecule has 0 radical (unpaired) electrons. The van der Waals surface area contributed by atoms with Crippen LogP contribution in [0.25, 0.3) is 10.9 Å². The van der Waals surface area contributed by atoms with Crippen molar-refractivity contribution < 1.29 is 9.53 Å². The van der Waals surface area contributed by atoms with Crippen molar-refractivity contribution in [2.45, 2.75) is 6.61 Å². The number of carbonyl (C=O) groups is 1. The highest BCUT2D eigenvalue weighted by Gasteiger charge is 2.16. The summed E-state index contributed by atoms with van der Waals surface area (Å²) in [5.74, 6) is 0.185. The highest BCUT2D eigenvalue weighted by atomic mass is 35.5. The molecule has 1 amide bonds. The Bertz CT molecular complexity index is 1090. The summed E-state index contributed by atoms with van der Waals surface area (Å²) in [6.07, 6.45) is 6.08. The van der Waals surface area contributed by atoms with E-state index in [1.807, 2.05) is 0 Å². The van der Waals surface area contributed by atoms with Crippen LogP contribution in [-0.4, -0.2) is 31.3 Å².